The second kappa shape index (κ2) is 11.5. The van der Waals surface area contributed by atoms with E-state index in [1.54, 1.807) is 7.11 Å². The summed E-state index contributed by atoms with van der Waals surface area (Å²) in [7, 11) is 5.82. The fraction of sp³-hybridized carbons (Fsp3) is 0.300. The minimum absolute atomic E-state index is 0.0423. The molecular weight excluding hydrogens is 350 g/mol. The zero-order valence-electron chi connectivity index (χ0n) is 15.7. The van der Waals surface area contributed by atoms with Crippen molar-refractivity contribution in [2.24, 2.45) is 0 Å². The van der Waals surface area contributed by atoms with Crippen LogP contribution in [0.15, 0.2) is 54.6 Å². The van der Waals surface area contributed by atoms with Crippen molar-refractivity contribution in [2.75, 3.05) is 27.7 Å². The van der Waals surface area contributed by atoms with Crippen molar-refractivity contribution in [3.8, 4) is 11.5 Å². The summed E-state index contributed by atoms with van der Waals surface area (Å²) in [6.07, 6.45) is 0.981. The molecule has 0 aliphatic heterocycles. The minimum atomic E-state index is -1.82. The summed E-state index contributed by atoms with van der Waals surface area (Å²) < 4.78 is 11.4. The molecule has 0 fully saturated rings. The van der Waals surface area contributed by atoms with Crippen molar-refractivity contribution >= 4 is 11.9 Å². The third kappa shape index (κ3) is 8.73. The van der Waals surface area contributed by atoms with Crippen LogP contribution < -0.4 is 9.47 Å². The molecule has 0 aromatic heterocycles. The Morgan fingerprint density at radius 1 is 0.963 bits per heavy atom. The average molecular weight is 375 g/mol. The molecule has 1 unspecified atom stereocenters. The number of hydrogen-bond acceptors (Lipinski definition) is 5. The van der Waals surface area contributed by atoms with Crippen molar-refractivity contribution in [3.63, 3.8) is 0 Å². The first kappa shape index (κ1) is 22.0. The second-order valence-electron chi connectivity index (χ2n) is 5.90. The van der Waals surface area contributed by atoms with Gasteiger partial charge in [-0.05, 0) is 31.8 Å². The molecule has 0 aliphatic carbocycles. The van der Waals surface area contributed by atoms with E-state index in [1.807, 2.05) is 42.5 Å². The van der Waals surface area contributed by atoms with Crippen LogP contribution in [0.4, 0.5) is 0 Å². The molecule has 146 valence electrons. The molecule has 0 heterocycles. The third-order valence-corrected chi connectivity index (χ3v) is 3.51. The third-order valence-electron chi connectivity index (χ3n) is 3.51. The molecular formula is C20H25NO6. The summed E-state index contributed by atoms with van der Waals surface area (Å²) in [4.78, 5) is 20.4. The Hall–Kier alpha value is -3.06. The van der Waals surface area contributed by atoms with E-state index in [-0.39, 0.29) is 6.10 Å². The maximum absolute atomic E-state index is 9.10. The summed E-state index contributed by atoms with van der Waals surface area (Å²) in [5, 5.41) is 14.8. The molecule has 0 saturated heterocycles. The Kier molecular flexibility index (Phi) is 9.39. The van der Waals surface area contributed by atoms with E-state index in [0.29, 0.717) is 0 Å². The number of carboxylic acids is 2. The first-order valence-corrected chi connectivity index (χ1v) is 8.30. The van der Waals surface area contributed by atoms with Crippen molar-refractivity contribution in [1.29, 1.82) is 0 Å². The lowest BCUT2D eigenvalue weighted by molar-refractivity contribution is -0.159. The molecule has 2 aromatic carbocycles. The summed E-state index contributed by atoms with van der Waals surface area (Å²) in [6.45, 7) is 0.976. The molecule has 2 rings (SSSR count). The van der Waals surface area contributed by atoms with Gasteiger partial charge in [-0.2, -0.15) is 0 Å². The molecule has 2 aromatic rings. The maximum Gasteiger partial charge on any atom is 0.414 e. The van der Waals surface area contributed by atoms with Gasteiger partial charge in [-0.1, -0.05) is 36.4 Å². The lowest BCUT2D eigenvalue weighted by Gasteiger charge is -2.21. The Morgan fingerprint density at radius 3 is 2.07 bits per heavy atom. The van der Waals surface area contributed by atoms with Gasteiger partial charge < -0.3 is 24.6 Å². The lowest BCUT2D eigenvalue weighted by Crippen LogP contribution is -2.18. The molecule has 0 radical (unpaired) electrons. The van der Waals surface area contributed by atoms with Gasteiger partial charge in [0.05, 0.1) is 7.11 Å². The lowest BCUT2D eigenvalue weighted by atomic mass is 10.1. The van der Waals surface area contributed by atoms with Crippen LogP contribution >= 0.6 is 0 Å². The topological polar surface area (TPSA) is 96.3 Å². The van der Waals surface area contributed by atoms with Gasteiger partial charge in [-0.3, -0.25) is 0 Å². The van der Waals surface area contributed by atoms with Gasteiger partial charge in [0.15, 0.2) is 0 Å². The number of carboxylic acid groups (broad SMARTS) is 2. The van der Waals surface area contributed by atoms with Gasteiger partial charge in [-0.15, -0.1) is 0 Å². The monoisotopic (exact) mass is 375 g/mol. The molecule has 7 nitrogen and oxygen atoms in total. The van der Waals surface area contributed by atoms with E-state index in [4.69, 9.17) is 29.3 Å². The van der Waals surface area contributed by atoms with Crippen molar-refractivity contribution < 1.29 is 29.3 Å². The molecule has 0 spiro atoms. The molecule has 1 atom stereocenters. The minimum Gasteiger partial charge on any atom is -0.497 e. The van der Waals surface area contributed by atoms with Gasteiger partial charge in [0, 0.05) is 19.0 Å². The van der Waals surface area contributed by atoms with Crippen molar-refractivity contribution in [3.05, 3.63) is 60.2 Å². The summed E-state index contributed by atoms with van der Waals surface area (Å²) in [5.41, 5.74) is 1.20. The van der Waals surface area contributed by atoms with Crippen molar-refractivity contribution in [2.45, 2.75) is 12.5 Å². The van der Waals surface area contributed by atoms with Crippen LogP contribution in [0.3, 0.4) is 0 Å². The zero-order chi connectivity index (χ0) is 20.2. The largest absolute Gasteiger partial charge is 0.497 e. The second-order valence-corrected chi connectivity index (χ2v) is 5.90. The number of methoxy groups -OCH3 is 1. The van der Waals surface area contributed by atoms with Crippen LogP contribution in [0.5, 0.6) is 11.5 Å². The van der Waals surface area contributed by atoms with Gasteiger partial charge in [0.1, 0.15) is 17.6 Å². The zero-order valence-corrected chi connectivity index (χ0v) is 15.7. The Bertz CT molecular complexity index is 705. The number of ether oxygens (including phenoxy) is 2. The van der Waals surface area contributed by atoms with E-state index in [2.05, 4.69) is 31.1 Å². The highest BCUT2D eigenvalue weighted by atomic mass is 16.5. The predicted molar refractivity (Wildman–Crippen MR) is 101 cm³/mol. The highest BCUT2D eigenvalue weighted by Gasteiger charge is 2.14. The molecule has 27 heavy (non-hydrogen) atoms. The summed E-state index contributed by atoms with van der Waals surface area (Å²) >= 11 is 0. The van der Waals surface area contributed by atoms with Crippen LogP contribution in [0.2, 0.25) is 0 Å². The van der Waals surface area contributed by atoms with E-state index in [1.165, 1.54) is 5.56 Å². The fourth-order valence-electron chi connectivity index (χ4n) is 2.18. The van der Waals surface area contributed by atoms with Gasteiger partial charge in [0.25, 0.3) is 0 Å². The van der Waals surface area contributed by atoms with E-state index in [0.717, 1.165) is 24.5 Å². The maximum atomic E-state index is 9.10. The van der Waals surface area contributed by atoms with E-state index >= 15 is 0 Å². The van der Waals surface area contributed by atoms with Gasteiger partial charge in [0.2, 0.25) is 0 Å². The number of nitrogens with zero attached hydrogens (tertiary/aromatic N) is 1. The Balaban J connectivity index is 0.000000527. The summed E-state index contributed by atoms with van der Waals surface area (Å²) in [5.74, 6) is -2.00. The SMILES string of the molecule is COc1cccc(OC(CCN(C)C)c2ccccc2)c1.O=C(O)C(=O)O. The van der Waals surface area contributed by atoms with Gasteiger partial charge in [-0.25, -0.2) is 9.59 Å². The fourth-order valence-corrected chi connectivity index (χ4v) is 2.18. The highest BCUT2D eigenvalue weighted by molar-refractivity contribution is 6.27. The van der Waals surface area contributed by atoms with E-state index in [9.17, 15) is 0 Å². The van der Waals surface area contributed by atoms with Crippen LogP contribution in [0.25, 0.3) is 0 Å². The molecule has 0 aliphatic rings. The smallest absolute Gasteiger partial charge is 0.414 e. The summed E-state index contributed by atoms with van der Waals surface area (Å²) in [6, 6.07) is 18.1. The molecule has 0 bridgehead atoms. The predicted octanol–water partition coefficient (Wildman–Crippen LogP) is 2.92. The number of carbonyl (C=O) groups is 2. The average Bonchev–Trinajstić information content (AvgIpc) is 2.66. The quantitative estimate of drug-likeness (QED) is 0.718. The number of rotatable bonds is 7. The first-order chi connectivity index (χ1) is 12.8. The molecule has 0 amide bonds. The highest BCUT2D eigenvalue weighted by Crippen LogP contribution is 2.27. The Morgan fingerprint density at radius 2 is 1.56 bits per heavy atom. The van der Waals surface area contributed by atoms with Crippen LogP contribution in [0.1, 0.15) is 18.1 Å². The van der Waals surface area contributed by atoms with E-state index < -0.39 is 11.9 Å². The molecule has 0 saturated carbocycles. The first-order valence-electron chi connectivity index (χ1n) is 8.30. The number of aliphatic carboxylic acids is 2. The standard InChI is InChI=1S/C18H23NO2.C2H2O4/c1-19(2)13-12-18(15-8-5-4-6-9-15)21-17-11-7-10-16(14-17)20-3;3-1(4)2(5)6/h4-11,14,18H,12-13H2,1-3H3;(H,3,4)(H,5,6). The van der Waals surface area contributed by atoms with Crippen LogP contribution in [0, 0.1) is 0 Å². The van der Waals surface area contributed by atoms with Crippen LogP contribution in [-0.4, -0.2) is 54.8 Å². The Labute approximate surface area is 158 Å². The molecule has 7 heteroatoms. The number of benzene rings is 2. The van der Waals surface area contributed by atoms with Gasteiger partial charge >= 0.3 is 11.9 Å². The normalized spacial score (nSPS) is 11.1. The van der Waals surface area contributed by atoms with Crippen molar-refractivity contribution in [1.82, 2.24) is 4.90 Å². The van der Waals surface area contributed by atoms with Crippen LogP contribution in [-0.2, 0) is 9.59 Å². The number of hydrogen-bond donors (Lipinski definition) is 2. The molecule has 2 N–H and O–H groups in total.